The number of nitrogens with zero attached hydrogens (tertiary/aromatic N) is 3. The van der Waals surface area contributed by atoms with Gasteiger partial charge >= 0.3 is 0 Å². The summed E-state index contributed by atoms with van der Waals surface area (Å²) in [6, 6.07) is 0. The van der Waals surface area contributed by atoms with Gasteiger partial charge in [0.1, 0.15) is 11.0 Å². The van der Waals surface area contributed by atoms with Crippen molar-refractivity contribution in [3.05, 3.63) is 16.0 Å². The molecule has 1 aliphatic rings. The summed E-state index contributed by atoms with van der Waals surface area (Å²) in [7, 11) is 1.65. The van der Waals surface area contributed by atoms with Gasteiger partial charge in [-0.05, 0) is 18.0 Å². The van der Waals surface area contributed by atoms with Crippen LogP contribution in [0.15, 0.2) is 0 Å². The number of hydrogen-bond acceptors (Lipinski definition) is 3. The van der Waals surface area contributed by atoms with Crippen LogP contribution in [0.3, 0.4) is 0 Å². The first-order valence-corrected chi connectivity index (χ1v) is 4.83. The lowest BCUT2D eigenvalue weighted by molar-refractivity contribution is -0.118. The molecule has 0 N–H and O–H groups in total. The van der Waals surface area contributed by atoms with Gasteiger partial charge in [0.05, 0.1) is 0 Å². The van der Waals surface area contributed by atoms with Crippen LogP contribution in [-0.2, 0) is 11.2 Å². The number of halogens is 2. The second-order valence-corrected chi connectivity index (χ2v) is 3.73. The van der Waals surface area contributed by atoms with Gasteiger partial charge in [-0.1, -0.05) is 11.6 Å². The van der Waals surface area contributed by atoms with E-state index in [-0.39, 0.29) is 11.2 Å². The predicted octanol–water partition coefficient (Wildman–Crippen LogP) is 1.69. The van der Waals surface area contributed by atoms with Crippen molar-refractivity contribution in [3.63, 3.8) is 0 Å². The van der Waals surface area contributed by atoms with Gasteiger partial charge in [0.25, 0.3) is 0 Å². The van der Waals surface area contributed by atoms with Crippen LogP contribution in [0.4, 0.5) is 5.82 Å². The number of aromatic nitrogens is 2. The van der Waals surface area contributed by atoms with Crippen LogP contribution >= 0.6 is 23.2 Å². The van der Waals surface area contributed by atoms with Crippen LogP contribution in [-0.4, -0.2) is 22.9 Å². The van der Waals surface area contributed by atoms with E-state index in [0.717, 1.165) is 5.56 Å². The maximum absolute atomic E-state index is 11.4. The van der Waals surface area contributed by atoms with Gasteiger partial charge in [0, 0.05) is 19.0 Å². The zero-order chi connectivity index (χ0) is 10.3. The Labute approximate surface area is 90.9 Å². The summed E-state index contributed by atoms with van der Waals surface area (Å²) in [4.78, 5) is 20.6. The molecule has 1 aliphatic heterocycles. The number of carbonyl (C=O) groups excluding carboxylic acids is 1. The minimum atomic E-state index is 0.0170. The molecule has 0 saturated carbocycles. The Morgan fingerprint density at radius 3 is 2.71 bits per heavy atom. The highest BCUT2D eigenvalue weighted by molar-refractivity contribution is 6.32. The summed E-state index contributed by atoms with van der Waals surface area (Å²) in [6.45, 7) is 0. The minimum absolute atomic E-state index is 0.0170. The normalized spacial score (nSPS) is 15.6. The summed E-state index contributed by atoms with van der Waals surface area (Å²) < 4.78 is 0. The fraction of sp³-hybridized carbons (Fsp3) is 0.375. The monoisotopic (exact) mass is 231 g/mol. The second-order valence-electron chi connectivity index (χ2n) is 3.04. The van der Waals surface area contributed by atoms with Crippen LogP contribution in [0.2, 0.25) is 10.4 Å². The van der Waals surface area contributed by atoms with Crippen molar-refractivity contribution in [2.75, 3.05) is 11.9 Å². The Morgan fingerprint density at radius 2 is 2.00 bits per heavy atom. The molecule has 2 rings (SSSR count). The predicted molar refractivity (Wildman–Crippen MR) is 53.8 cm³/mol. The van der Waals surface area contributed by atoms with Crippen LogP contribution in [0.1, 0.15) is 12.0 Å². The van der Waals surface area contributed by atoms with Gasteiger partial charge < -0.3 is 0 Å². The highest BCUT2D eigenvalue weighted by atomic mass is 35.5. The fourth-order valence-corrected chi connectivity index (χ4v) is 1.90. The van der Waals surface area contributed by atoms with Crippen molar-refractivity contribution in [1.29, 1.82) is 0 Å². The molecule has 0 aliphatic carbocycles. The third kappa shape index (κ3) is 1.44. The molecule has 1 aromatic rings. The molecule has 1 aromatic heterocycles. The van der Waals surface area contributed by atoms with Crippen molar-refractivity contribution in [3.8, 4) is 0 Å². The molecule has 0 atom stereocenters. The van der Waals surface area contributed by atoms with E-state index >= 15 is 0 Å². The molecule has 0 unspecified atom stereocenters. The van der Waals surface area contributed by atoms with E-state index in [1.54, 1.807) is 7.05 Å². The lowest BCUT2D eigenvalue weighted by Gasteiger charge is -2.24. The molecular weight excluding hydrogens is 225 g/mol. The zero-order valence-corrected chi connectivity index (χ0v) is 8.93. The average molecular weight is 232 g/mol. The summed E-state index contributed by atoms with van der Waals surface area (Å²) in [6.07, 6.45) is 1.02. The standard InChI is InChI=1S/C8H7Cl2N3O/c1-13-5(14)3-2-4-6(9)11-8(10)12-7(4)13/h2-3H2,1H3. The Balaban J connectivity index is 2.59. The van der Waals surface area contributed by atoms with Crippen LogP contribution in [0.25, 0.3) is 0 Å². The van der Waals surface area contributed by atoms with Gasteiger partial charge in [0.2, 0.25) is 11.2 Å². The Bertz CT molecular complexity index is 408. The quantitative estimate of drug-likeness (QED) is 0.505. The molecule has 6 heteroatoms. The van der Waals surface area contributed by atoms with Crippen LogP contribution in [0, 0.1) is 0 Å². The van der Waals surface area contributed by atoms with Gasteiger partial charge in [-0.2, -0.15) is 4.98 Å². The van der Waals surface area contributed by atoms with Crippen molar-refractivity contribution < 1.29 is 4.79 Å². The Kier molecular flexibility index (Phi) is 2.33. The molecule has 0 bridgehead atoms. The van der Waals surface area contributed by atoms with Crippen molar-refractivity contribution in [1.82, 2.24) is 9.97 Å². The van der Waals surface area contributed by atoms with E-state index < -0.39 is 0 Å². The number of rotatable bonds is 0. The third-order valence-corrected chi connectivity index (χ3v) is 2.67. The maximum Gasteiger partial charge on any atom is 0.228 e. The molecule has 0 saturated heterocycles. The summed E-state index contributed by atoms with van der Waals surface area (Å²) >= 11 is 11.5. The first kappa shape index (κ1) is 9.68. The molecule has 0 aromatic carbocycles. The number of amides is 1. The van der Waals surface area contributed by atoms with Crippen LogP contribution in [0.5, 0.6) is 0 Å². The highest BCUT2D eigenvalue weighted by Crippen LogP contribution is 2.30. The number of fused-ring (bicyclic) bond motifs is 1. The van der Waals surface area contributed by atoms with E-state index in [4.69, 9.17) is 23.2 Å². The van der Waals surface area contributed by atoms with E-state index in [1.807, 2.05) is 0 Å². The molecular formula is C8H7Cl2N3O. The summed E-state index contributed by atoms with van der Waals surface area (Å²) in [5, 5.41) is 0.398. The Morgan fingerprint density at radius 1 is 1.29 bits per heavy atom. The van der Waals surface area contributed by atoms with Gasteiger partial charge in [0.15, 0.2) is 0 Å². The summed E-state index contributed by atoms with van der Waals surface area (Å²) in [5.74, 6) is 0.537. The molecule has 0 fully saturated rings. The van der Waals surface area contributed by atoms with Gasteiger partial charge in [-0.25, -0.2) is 4.98 Å². The molecule has 74 valence electrons. The molecule has 2 heterocycles. The molecule has 0 radical (unpaired) electrons. The molecule has 1 amide bonds. The average Bonchev–Trinajstić information content (AvgIpc) is 2.12. The van der Waals surface area contributed by atoms with E-state index in [0.29, 0.717) is 23.8 Å². The fourth-order valence-electron chi connectivity index (χ4n) is 1.43. The van der Waals surface area contributed by atoms with E-state index in [1.165, 1.54) is 4.90 Å². The number of hydrogen-bond donors (Lipinski definition) is 0. The van der Waals surface area contributed by atoms with E-state index in [2.05, 4.69) is 9.97 Å². The summed E-state index contributed by atoms with van der Waals surface area (Å²) in [5.41, 5.74) is 0.790. The first-order chi connectivity index (χ1) is 6.59. The zero-order valence-electron chi connectivity index (χ0n) is 7.42. The van der Waals surface area contributed by atoms with Crippen molar-refractivity contribution in [2.24, 2.45) is 0 Å². The second kappa shape index (κ2) is 3.37. The maximum atomic E-state index is 11.4. The van der Waals surface area contributed by atoms with E-state index in [9.17, 15) is 4.79 Å². The van der Waals surface area contributed by atoms with Crippen molar-refractivity contribution >= 4 is 34.9 Å². The SMILES string of the molecule is CN1C(=O)CCc2c(Cl)nc(Cl)nc21. The minimum Gasteiger partial charge on any atom is -0.300 e. The smallest absolute Gasteiger partial charge is 0.228 e. The number of carbonyl (C=O) groups is 1. The number of anilines is 1. The van der Waals surface area contributed by atoms with Crippen molar-refractivity contribution in [2.45, 2.75) is 12.8 Å². The molecule has 4 nitrogen and oxygen atoms in total. The highest BCUT2D eigenvalue weighted by Gasteiger charge is 2.25. The Hall–Kier alpha value is -0.870. The lowest BCUT2D eigenvalue weighted by atomic mass is 10.1. The topological polar surface area (TPSA) is 46.1 Å². The van der Waals surface area contributed by atoms with Crippen LogP contribution < -0.4 is 4.90 Å². The van der Waals surface area contributed by atoms with Gasteiger partial charge in [-0.15, -0.1) is 0 Å². The first-order valence-electron chi connectivity index (χ1n) is 4.08. The van der Waals surface area contributed by atoms with Gasteiger partial charge in [-0.3, -0.25) is 9.69 Å². The molecule has 14 heavy (non-hydrogen) atoms. The molecule has 0 spiro atoms. The largest absolute Gasteiger partial charge is 0.300 e. The lowest BCUT2D eigenvalue weighted by Crippen LogP contribution is -2.32. The third-order valence-electron chi connectivity index (χ3n) is 2.19.